The highest BCUT2D eigenvalue weighted by molar-refractivity contribution is 5.98. The average molecular weight is 536 g/mol. The summed E-state index contributed by atoms with van der Waals surface area (Å²) in [4.78, 5) is 28.3. The van der Waals surface area contributed by atoms with Crippen LogP contribution >= 0.6 is 0 Å². The number of ether oxygens (including phenoxy) is 2. The minimum atomic E-state index is -4.42. The van der Waals surface area contributed by atoms with Crippen LogP contribution in [0.25, 0.3) is 11.1 Å². The molecule has 39 heavy (non-hydrogen) atoms. The van der Waals surface area contributed by atoms with Crippen LogP contribution in [0, 0.1) is 5.92 Å². The van der Waals surface area contributed by atoms with Gasteiger partial charge in [0.05, 0.1) is 0 Å². The quantitative estimate of drug-likeness (QED) is 0.319. The van der Waals surface area contributed by atoms with Gasteiger partial charge in [0, 0.05) is 29.5 Å². The molecule has 202 valence electrons. The Balaban J connectivity index is 1.08. The summed E-state index contributed by atoms with van der Waals surface area (Å²) in [7, 11) is 0. The zero-order valence-electron chi connectivity index (χ0n) is 21.2. The summed E-state index contributed by atoms with van der Waals surface area (Å²) in [6.07, 6.45) is -2.01. The van der Waals surface area contributed by atoms with Gasteiger partial charge in [-0.2, -0.15) is 13.2 Å². The predicted octanol–water partition coefficient (Wildman–Crippen LogP) is 7.00. The molecule has 2 aliphatic heterocycles. The second-order valence-corrected chi connectivity index (χ2v) is 10.6. The van der Waals surface area contributed by atoms with Crippen molar-refractivity contribution in [3.63, 3.8) is 0 Å². The fourth-order valence-corrected chi connectivity index (χ4v) is 6.47. The van der Waals surface area contributed by atoms with Crippen LogP contribution in [0.1, 0.15) is 53.1 Å². The Hall–Kier alpha value is -3.81. The van der Waals surface area contributed by atoms with Crippen molar-refractivity contribution in [1.29, 1.82) is 0 Å². The molecule has 2 bridgehead atoms. The van der Waals surface area contributed by atoms with E-state index < -0.39 is 12.8 Å². The zero-order valence-corrected chi connectivity index (χ0v) is 21.2. The Morgan fingerprint density at radius 2 is 1.38 bits per heavy atom. The monoisotopic (exact) mass is 535 g/mol. The molecule has 2 heterocycles. The number of hydrogen-bond acceptors (Lipinski definition) is 4. The van der Waals surface area contributed by atoms with Crippen LogP contribution in [0.3, 0.4) is 0 Å². The van der Waals surface area contributed by atoms with E-state index in [0.717, 1.165) is 24.0 Å². The van der Waals surface area contributed by atoms with Crippen LogP contribution in [-0.4, -0.2) is 48.3 Å². The van der Waals surface area contributed by atoms with E-state index >= 15 is 0 Å². The summed E-state index contributed by atoms with van der Waals surface area (Å²) in [5.74, 6) is -0.251. The van der Waals surface area contributed by atoms with Gasteiger partial charge in [0.1, 0.15) is 12.4 Å². The van der Waals surface area contributed by atoms with Crippen molar-refractivity contribution in [2.24, 2.45) is 5.92 Å². The van der Waals surface area contributed by atoms with Crippen LogP contribution in [-0.2, 0) is 4.74 Å². The number of amides is 1. The lowest BCUT2D eigenvalue weighted by Gasteiger charge is -2.37. The van der Waals surface area contributed by atoms with Gasteiger partial charge in [-0.25, -0.2) is 4.79 Å². The van der Waals surface area contributed by atoms with Gasteiger partial charge in [0.15, 0.2) is 12.4 Å². The van der Waals surface area contributed by atoms with E-state index in [2.05, 4.69) is 24.3 Å². The number of halogens is 3. The number of rotatable bonds is 6. The van der Waals surface area contributed by atoms with Crippen molar-refractivity contribution in [2.75, 3.05) is 13.2 Å². The fraction of sp³-hybridized carbons (Fsp3) is 0.355. The van der Waals surface area contributed by atoms with Crippen molar-refractivity contribution in [1.82, 2.24) is 4.90 Å². The Labute approximate surface area is 224 Å². The molecule has 2 saturated heterocycles. The first-order chi connectivity index (χ1) is 18.8. The van der Waals surface area contributed by atoms with Gasteiger partial charge >= 0.3 is 12.3 Å². The van der Waals surface area contributed by atoms with Crippen LogP contribution in [0.2, 0.25) is 0 Å². The Kier molecular flexibility index (Phi) is 6.57. The minimum Gasteiger partial charge on any atom is -0.484 e. The molecule has 1 amide bonds. The van der Waals surface area contributed by atoms with E-state index in [1.165, 1.54) is 35.4 Å². The molecule has 1 aliphatic carbocycles. The number of piperidine rings is 1. The molecule has 3 aromatic carbocycles. The number of hydrogen-bond donors (Lipinski definition) is 0. The Morgan fingerprint density at radius 1 is 0.821 bits per heavy atom. The van der Waals surface area contributed by atoms with Gasteiger partial charge in [-0.3, -0.25) is 4.79 Å². The third kappa shape index (κ3) is 5.00. The van der Waals surface area contributed by atoms with Gasteiger partial charge in [0.2, 0.25) is 0 Å². The summed E-state index contributed by atoms with van der Waals surface area (Å²) >= 11 is 0. The first-order valence-electron chi connectivity index (χ1n) is 13.3. The van der Waals surface area contributed by atoms with Crippen molar-refractivity contribution >= 4 is 11.9 Å². The highest BCUT2D eigenvalue weighted by atomic mass is 19.4. The molecule has 5 nitrogen and oxygen atoms in total. The summed E-state index contributed by atoms with van der Waals surface area (Å²) in [6, 6.07) is 22.1. The highest BCUT2D eigenvalue weighted by Crippen LogP contribution is 2.45. The van der Waals surface area contributed by atoms with E-state index in [4.69, 9.17) is 9.47 Å². The molecule has 0 spiro atoms. The van der Waals surface area contributed by atoms with Crippen LogP contribution in [0.15, 0.2) is 72.8 Å². The zero-order chi connectivity index (χ0) is 27.1. The molecule has 0 aromatic heterocycles. The molecule has 6 rings (SSSR count). The highest BCUT2D eigenvalue weighted by Gasteiger charge is 2.46. The summed E-state index contributed by atoms with van der Waals surface area (Å²) in [5.41, 5.74) is 5.11. The maximum Gasteiger partial charge on any atom is 0.422 e. The summed E-state index contributed by atoms with van der Waals surface area (Å²) < 4.78 is 47.8. The molecule has 3 aliphatic rings. The van der Waals surface area contributed by atoms with Gasteiger partial charge < -0.3 is 14.4 Å². The fourth-order valence-electron chi connectivity index (χ4n) is 6.47. The van der Waals surface area contributed by atoms with Gasteiger partial charge in [-0.1, -0.05) is 48.5 Å². The number of fused-ring (bicyclic) bond motifs is 5. The third-order valence-electron chi connectivity index (χ3n) is 8.19. The van der Waals surface area contributed by atoms with E-state index in [-0.39, 0.29) is 48.2 Å². The van der Waals surface area contributed by atoms with Crippen LogP contribution < -0.4 is 4.74 Å². The van der Waals surface area contributed by atoms with Gasteiger partial charge in [-0.05, 0) is 72.2 Å². The number of alkyl halides is 3. The lowest BCUT2D eigenvalue weighted by Crippen LogP contribution is -2.48. The van der Waals surface area contributed by atoms with E-state index in [1.807, 2.05) is 29.2 Å². The largest absolute Gasteiger partial charge is 0.484 e. The second-order valence-electron chi connectivity index (χ2n) is 10.6. The summed E-state index contributed by atoms with van der Waals surface area (Å²) in [6.45, 7) is -1.12. The van der Waals surface area contributed by atoms with Crippen LogP contribution in [0.5, 0.6) is 5.75 Å². The standard InChI is InChI=1S/C31H28F3NO4/c32-31(33,34)18-39-23-13-9-19(10-14-23)29(36)20-15-21-11-12-22(16-20)35(21)30(37)38-17-28-26-7-3-1-5-24(26)25-6-2-4-8-27(25)28/h1-10,13-14,20-22,28H,11-12,15-18H2. The summed E-state index contributed by atoms with van der Waals surface area (Å²) in [5, 5.41) is 0. The molecular weight excluding hydrogens is 507 g/mol. The lowest BCUT2D eigenvalue weighted by atomic mass is 9.85. The SMILES string of the molecule is O=C(c1ccc(OCC(F)(F)F)cc1)C1CC2CCC(C1)N2C(=O)OCC1c2ccccc2-c2ccccc21. The molecule has 0 radical (unpaired) electrons. The average Bonchev–Trinajstić information content (AvgIpc) is 3.40. The van der Waals surface area contributed by atoms with Gasteiger partial charge in [0.25, 0.3) is 0 Å². The molecule has 2 unspecified atom stereocenters. The molecule has 0 saturated carbocycles. The molecule has 2 fully saturated rings. The van der Waals surface area contributed by atoms with Crippen molar-refractivity contribution in [3.05, 3.63) is 89.5 Å². The van der Waals surface area contributed by atoms with Crippen molar-refractivity contribution < 1.29 is 32.2 Å². The van der Waals surface area contributed by atoms with E-state index in [9.17, 15) is 22.8 Å². The number of carbonyl (C=O) groups excluding carboxylic acids is 2. The van der Waals surface area contributed by atoms with Crippen LogP contribution in [0.4, 0.5) is 18.0 Å². The molecule has 3 aromatic rings. The first-order valence-corrected chi connectivity index (χ1v) is 13.3. The number of nitrogens with zero attached hydrogens (tertiary/aromatic N) is 1. The maximum atomic E-state index is 13.3. The molecule has 8 heteroatoms. The molecular formula is C31H28F3NO4. The second kappa shape index (κ2) is 10.1. The van der Waals surface area contributed by atoms with E-state index in [0.29, 0.717) is 18.4 Å². The predicted molar refractivity (Wildman–Crippen MR) is 139 cm³/mol. The minimum absolute atomic E-state index is 0.0128. The Bertz CT molecular complexity index is 1330. The number of carbonyl (C=O) groups is 2. The van der Waals surface area contributed by atoms with Gasteiger partial charge in [-0.15, -0.1) is 0 Å². The van der Waals surface area contributed by atoms with E-state index in [1.54, 1.807) is 0 Å². The van der Waals surface area contributed by atoms with Crippen molar-refractivity contribution in [3.8, 4) is 16.9 Å². The molecule has 0 N–H and O–H groups in total. The Morgan fingerprint density at radius 3 is 1.95 bits per heavy atom. The number of benzene rings is 3. The third-order valence-corrected chi connectivity index (χ3v) is 8.19. The van der Waals surface area contributed by atoms with Crippen molar-refractivity contribution in [2.45, 2.75) is 49.9 Å². The first kappa shape index (κ1) is 25.5. The molecule has 2 atom stereocenters. The maximum absolute atomic E-state index is 13.3. The lowest BCUT2D eigenvalue weighted by molar-refractivity contribution is -0.153. The number of Topliss-reactive ketones (excluding diaryl/α,β-unsaturated/α-hetero) is 1. The number of ketones is 1. The topological polar surface area (TPSA) is 55.8 Å². The normalized spacial score (nSPS) is 21.8. The smallest absolute Gasteiger partial charge is 0.422 e.